The van der Waals surface area contributed by atoms with Crippen LogP contribution in [0.4, 0.5) is 4.39 Å². The summed E-state index contributed by atoms with van der Waals surface area (Å²) in [4.78, 5) is 0. The van der Waals surface area contributed by atoms with E-state index >= 15 is 0 Å². The molecule has 0 radical (unpaired) electrons. The van der Waals surface area contributed by atoms with E-state index in [1.54, 1.807) is 30.3 Å². The Morgan fingerprint density at radius 3 is 2.59 bits per heavy atom. The molecular formula is C13H10BrClFN. The first kappa shape index (κ1) is 12.6. The van der Waals surface area contributed by atoms with Crippen molar-refractivity contribution >= 4 is 27.5 Å². The molecule has 0 aliphatic heterocycles. The Labute approximate surface area is 113 Å². The Hall–Kier alpha value is -0.900. The zero-order valence-electron chi connectivity index (χ0n) is 8.83. The molecular weight excluding hydrogens is 305 g/mol. The zero-order chi connectivity index (χ0) is 12.4. The minimum Gasteiger partial charge on any atom is -0.320 e. The van der Waals surface area contributed by atoms with E-state index < -0.39 is 6.04 Å². The van der Waals surface area contributed by atoms with Crippen molar-refractivity contribution in [1.29, 1.82) is 0 Å². The van der Waals surface area contributed by atoms with E-state index in [2.05, 4.69) is 15.9 Å². The van der Waals surface area contributed by atoms with Gasteiger partial charge in [0.1, 0.15) is 5.82 Å². The van der Waals surface area contributed by atoms with Crippen LogP contribution in [-0.4, -0.2) is 0 Å². The summed E-state index contributed by atoms with van der Waals surface area (Å²) in [5.41, 5.74) is 7.27. The summed E-state index contributed by atoms with van der Waals surface area (Å²) in [7, 11) is 0. The number of nitrogens with two attached hydrogens (primary N) is 1. The molecule has 17 heavy (non-hydrogen) atoms. The first-order chi connectivity index (χ1) is 8.08. The molecule has 88 valence electrons. The lowest BCUT2D eigenvalue weighted by molar-refractivity contribution is 0.599. The van der Waals surface area contributed by atoms with Crippen LogP contribution in [0.5, 0.6) is 0 Å². The average molecular weight is 315 g/mol. The van der Waals surface area contributed by atoms with Crippen LogP contribution in [0.15, 0.2) is 46.9 Å². The summed E-state index contributed by atoms with van der Waals surface area (Å²) in [5, 5.41) is 0.593. The molecule has 0 heterocycles. The standard InChI is InChI=1S/C13H10BrClFN/c14-9-4-5-11(12(16)7-9)13(17)8-2-1-3-10(15)6-8/h1-7,13H,17H2. The molecule has 0 fully saturated rings. The average Bonchev–Trinajstić information content (AvgIpc) is 2.28. The van der Waals surface area contributed by atoms with Crippen molar-refractivity contribution in [3.8, 4) is 0 Å². The van der Waals surface area contributed by atoms with Crippen molar-refractivity contribution in [2.75, 3.05) is 0 Å². The molecule has 2 N–H and O–H groups in total. The van der Waals surface area contributed by atoms with Gasteiger partial charge >= 0.3 is 0 Å². The third-order valence-electron chi connectivity index (χ3n) is 2.51. The Balaban J connectivity index is 2.40. The summed E-state index contributed by atoms with van der Waals surface area (Å²) >= 11 is 9.10. The van der Waals surface area contributed by atoms with Crippen LogP contribution in [0.3, 0.4) is 0 Å². The molecule has 2 aromatic carbocycles. The number of halogens is 3. The van der Waals surface area contributed by atoms with Crippen LogP contribution in [0.2, 0.25) is 5.02 Å². The van der Waals surface area contributed by atoms with Crippen molar-refractivity contribution in [3.63, 3.8) is 0 Å². The molecule has 0 aliphatic rings. The van der Waals surface area contributed by atoms with Crippen molar-refractivity contribution in [3.05, 3.63) is 68.9 Å². The van der Waals surface area contributed by atoms with Gasteiger partial charge in [-0.2, -0.15) is 0 Å². The predicted octanol–water partition coefficient (Wildman–Crippen LogP) is 4.29. The summed E-state index contributed by atoms with van der Waals surface area (Å²) < 4.78 is 14.4. The molecule has 2 rings (SSSR count). The Kier molecular flexibility index (Phi) is 3.82. The van der Waals surface area contributed by atoms with Gasteiger partial charge in [0, 0.05) is 15.1 Å². The highest BCUT2D eigenvalue weighted by Gasteiger charge is 2.13. The zero-order valence-corrected chi connectivity index (χ0v) is 11.2. The van der Waals surface area contributed by atoms with Gasteiger partial charge in [-0.05, 0) is 29.8 Å². The molecule has 1 unspecified atom stereocenters. The molecule has 1 nitrogen and oxygen atoms in total. The van der Waals surface area contributed by atoms with Crippen molar-refractivity contribution in [2.45, 2.75) is 6.04 Å². The Morgan fingerprint density at radius 2 is 1.94 bits per heavy atom. The smallest absolute Gasteiger partial charge is 0.129 e. The van der Waals surface area contributed by atoms with Gasteiger partial charge < -0.3 is 5.73 Å². The fraction of sp³-hybridized carbons (Fsp3) is 0.0769. The van der Waals surface area contributed by atoms with Crippen LogP contribution in [-0.2, 0) is 0 Å². The second kappa shape index (κ2) is 5.17. The Bertz CT molecular complexity index is 545. The van der Waals surface area contributed by atoms with Crippen LogP contribution in [0, 0.1) is 5.82 Å². The highest BCUT2D eigenvalue weighted by Crippen LogP contribution is 2.26. The fourth-order valence-corrected chi connectivity index (χ4v) is 2.17. The molecule has 4 heteroatoms. The maximum absolute atomic E-state index is 13.7. The number of benzene rings is 2. The largest absolute Gasteiger partial charge is 0.320 e. The first-order valence-electron chi connectivity index (χ1n) is 5.04. The van der Waals surface area contributed by atoms with E-state index in [9.17, 15) is 4.39 Å². The molecule has 1 atom stereocenters. The third-order valence-corrected chi connectivity index (χ3v) is 3.23. The third kappa shape index (κ3) is 2.86. The quantitative estimate of drug-likeness (QED) is 0.879. The molecule has 0 aliphatic carbocycles. The van der Waals surface area contributed by atoms with E-state index in [4.69, 9.17) is 17.3 Å². The maximum Gasteiger partial charge on any atom is 0.129 e. The number of hydrogen-bond donors (Lipinski definition) is 1. The lowest BCUT2D eigenvalue weighted by Crippen LogP contribution is -2.13. The second-order valence-corrected chi connectivity index (χ2v) is 5.05. The fourth-order valence-electron chi connectivity index (χ4n) is 1.63. The van der Waals surface area contributed by atoms with Gasteiger partial charge in [0.15, 0.2) is 0 Å². The van der Waals surface area contributed by atoms with E-state index in [0.29, 0.717) is 15.1 Å². The minimum absolute atomic E-state index is 0.327. The Morgan fingerprint density at radius 1 is 1.18 bits per heavy atom. The van der Waals surface area contributed by atoms with Crippen LogP contribution < -0.4 is 5.73 Å². The monoisotopic (exact) mass is 313 g/mol. The molecule has 0 aromatic heterocycles. The van der Waals surface area contributed by atoms with E-state index in [1.165, 1.54) is 6.07 Å². The number of rotatable bonds is 2. The van der Waals surface area contributed by atoms with Gasteiger partial charge in [-0.1, -0.05) is 45.7 Å². The van der Waals surface area contributed by atoms with Gasteiger partial charge in [0.05, 0.1) is 6.04 Å². The lowest BCUT2D eigenvalue weighted by atomic mass is 9.99. The molecule has 0 saturated heterocycles. The summed E-state index contributed by atoms with van der Waals surface area (Å²) in [6, 6.07) is 11.5. The first-order valence-corrected chi connectivity index (χ1v) is 6.21. The van der Waals surface area contributed by atoms with Gasteiger partial charge in [-0.15, -0.1) is 0 Å². The maximum atomic E-state index is 13.7. The molecule has 0 amide bonds. The summed E-state index contributed by atoms with van der Waals surface area (Å²) in [6.45, 7) is 0. The van der Waals surface area contributed by atoms with Crippen LogP contribution >= 0.6 is 27.5 Å². The van der Waals surface area contributed by atoms with Crippen molar-refractivity contribution in [1.82, 2.24) is 0 Å². The summed E-state index contributed by atoms with van der Waals surface area (Å²) in [5.74, 6) is -0.327. The second-order valence-electron chi connectivity index (χ2n) is 3.70. The van der Waals surface area contributed by atoms with Crippen LogP contribution in [0.25, 0.3) is 0 Å². The highest BCUT2D eigenvalue weighted by atomic mass is 79.9. The molecule has 2 aromatic rings. The molecule has 0 spiro atoms. The van der Waals surface area contributed by atoms with E-state index in [0.717, 1.165) is 5.56 Å². The van der Waals surface area contributed by atoms with Gasteiger partial charge in [-0.3, -0.25) is 0 Å². The van der Waals surface area contributed by atoms with E-state index in [-0.39, 0.29) is 5.82 Å². The van der Waals surface area contributed by atoms with Gasteiger partial charge in [-0.25, -0.2) is 4.39 Å². The van der Waals surface area contributed by atoms with Gasteiger partial charge in [0.25, 0.3) is 0 Å². The highest BCUT2D eigenvalue weighted by molar-refractivity contribution is 9.10. The lowest BCUT2D eigenvalue weighted by Gasteiger charge is -2.14. The summed E-state index contributed by atoms with van der Waals surface area (Å²) in [6.07, 6.45) is 0. The molecule has 0 bridgehead atoms. The van der Waals surface area contributed by atoms with Crippen molar-refractivity contribution in [2.24, 2.45) is 5.73 Å². The van der Waals surface area contributed by atoms with E-state index in [1.807, 2.05) is 6.07 Å². The van der Waals surface area contributed by atoms with Gasteiger partial charge in [0.2, 0.25) is 0 Å². The van der Waals surface area contributed by atoms with Crippen LogP contribution in [0.1, 0.15) is 17.2 Å². The predicted molar refractivity (Wildman–Crippen MR) is 71.6 cm³/mol. The topological polar surface area (TPSA) is 26.0 Å². The number of hydrogen-bond acceptors (Lipinski definition) is 1. The molecule has 0 saturated carbocycles. The normalized spacial score (nSPS) is 12.5. The van der Waals surface area contributed by atoms with Crippen molar-refractivity contribution < 1.29 is 4.39 Å². The minimum atomic E-state index is -0.512. The SMILES string of the molecule is NC(c1cccc(Cl)c1)c1ccc(Br)cc1F.